The Balaban J connectivity index is 1.50. The summed E-state index contributed by atoms with van der Waals surface area (Å²) in [5, 5.41) is 29.0. The summed E-state index contributed by atoms with van der Waals surface area (Å²) in [7, 11) is 1.58. The standard InChI is InChI=1S/C41H67N5O8S/c1-9-26(4)37(45-34(48)10-2)39(51)46-19-11-12-32(46)40(52)54-33(41(5,6)7)21-25(3)20-29(47)23-36-43-28(24-55-36)15-18-35(49)44-31(38(42)50)22-27-13-16-30(53-8)17-14-27/h13-14,16-17,25-26,28-29,31-33,37,40,47,52H,9-12,15,18-24H2,1-8H3,(H2,42,50)(H,44,49)(H,45,48). The zero-order valence-electron chi connectivity index (χ0n) is 34.2. The maximum atomic E-state index is 13.7. The van der Waals surface area contributed by atoms with Crippen molar-refractivity contribution < 1.29 is 38.9 Å². The highest BCUT2D eigenvalue weighted by atomic mass is 32.2. The molecule has 2 aliphatic rings. The van der Waals surface area contributed by atoms with Gasteiger partial charge in [0.05, 0.1) is 36.4 Å². The van der Waals surface area contributed by atoms with Gasteiger partial charge in [-0.25, -0.2) is 0 Å². The minimum absolute atomic E-state index is 0.0534. The molecule has 1 fully saturated rings. The van der Waals surface area contributed by atoms with E-state index in [1.807, 2.05) is 26.0 Å². The lowest BCUT2D eigenvalue weighted by Gasteiger charge is -2.38. The number of hydrogen-bond donors (Lipinski definition) is 5. The molecule has 0 saturated carbocycles. The van der Waals surface area contributed by atoms with Gasteiger partial charge < -0.3 is 41.0 Å². The summed E-state index contributed by atoms with van der Waals surface area (Å²) in [4.78, 5) is 57.3. The monoisotopic (exact) mass is 789 g/mol. The number of hydrogen-bond acceptors (Lipinski definition) is 10. The number of primary amides is 1. The Morgan fingerprint density at radius 2 is 1.73 bits per heavy atom. The van der Waals surface area contributed by atoms with E-state index in [4.69, 9.17) is 20.2 Å². The second-order valence-electron chi connectivity index (χ2n) is 16.4. The van der Waals surface area contributed by atoms with E-state index in [0.717, 1.165) is 29.2 Å². The molecule has 9 unspecified atom stereocenters. The number of carbonyl (C=O) groups excluding carboxylic acids is 4. The van der Waals surface area contributed by atoms with Gasteiger partial charge in [0.25, 0.3) is 0 Å². The van der Waals surface area contributed by atoms with Crippen molar-refractivity contribution in [2.45, 2.75) is 155 Å². The predicted octanol–water partition coefficient (Wildman–Crippen LogP) is 4.35. The fourth-order valence-electron chi connectivity index (χ4n) is 7.10. The third kappa shape index (κ3) is 14.7. The number of ether oxygens (including phenoxy) is 2. The van der Waals surface area contributed by atoms with Crippen molar-refractivity contribution in [1.29, 1.82) is 0 Å². The van der Waals surface area contributed by atoms with E-state index in [1.54, 1.807) is 42.8 Å². The first-order valence-corrected chi connectivity index (χ1v) is 21.0. The number of rotatable bonds is 22. The molecule has 0 bridgehead atoms. The van der Waals surface area contributed by atoms with Gasteiger partial charge in [0.15, 0.2) is 6.29 Å². The summed E-state index contributed by atoms with van der Waals surface area (Å²) in [6.45, 7) is 14.4. The minimum atomic E-state index is -1.19. The van der Waals surface area contributed by atoms with Crippen molar-refractivity contribution in [3.63, 3.8) is 0 Å². The number of aliphatic hydroxyl groups is 2. The summed E-state index contributed by atoms with van der Waals surface area (Å²) in [6.07, 6.45) is 2.75. The zero-order valence-corrected chi connectivity index (χ0v) is 35.0. The molecule has 0 spiro atoms. The molecule has 6 N–H and O–H groups in total. The van der Waals surface area contributed by atoms with E-state index in [9.17, 15) is 29.4 Å². The number of aliphatic hydroxyl groups excluding tert-OH is 2. The fraction of sp³-hybridized carbons (Fsp3) is 0.732. The molecule has 0 aliphatic carbocycles. The Morgan fingerprint density at radius 3 is 2.33 bits per heavy atom. The zero-order chi connectivity index (χ0) is 40.9. The van der Waals surface area contributed by atoms with Crippen LogP contribution in [0.25, 0.3) is 0 Å². The molecule has 2 heterocycles. The van der Waals surface area contributed by atoms with Gasteiger partial charge in [-0.1, -0.05) is 67.0 Å². The molecule has 13 nitrogen and oxygen atoms in total. The Hall–Kier alpha value is -3.20. The number of benzene rings is 1. The second-order valence-corrected chi connectivity index (χ2v) is 17.5. The predicted molar refractivity (Wildman–Crippen MR) is 217 cm³/mol. The minimum Gasteiger partial charge on any atom is -0.497 e. The summed E-state index contributed by atoms with van der Waals surface area (Å²) in [6, 6.07) is 5.21. The molecule has 9 atom stereocenters. The first-order valence-electron chi connectivity index (χ1n) is 20.0. The number of aliphatic imine (C=N–C) groups is 1. The average molecular weight is 790 g/mol. The molecule has 2 aliphatic heterocycles. The van der Waals surface area contributed by atoms with Gasteiger partial charge in [0, 0.05) is 38.0 Å². The van der Waals surface area contributed by atoms with Crippen molar-refractivity contribution in [3.05, 3.63) is 29.8 Å². The molecule has 14 heteroatoms. The molecule has 1 aromatic carbocycles. The summed E-state index contributed by atoms with van der Waals surface area (Å²) in [5.74, 6) is 0.217. The van der Waals surface area contributed by atoms with Crippen LogP contribution in [0, 0.1) is 17.3 Å². The van der Waals surface area contributed by atoms with Crippen LogP contribution in [0.3, 0.4) is 0 Å². The molecule has 3 rings (SSSR count). The van der Waals surface area contributed by atoms with Gasteiger partial charge >= 0.3 is 0 Å². The number of thioether (sulfide) groups is 1. The quantitative estimate of drug-likeness (QED) is 0.106. The lowest BCUT2D eigenvalue weighted by Crippen LogP contribution is -2.55. The maximum absolute atomic E-state index is 13.7. The Labute approximate surface area is 332 Å². The first-order chi connectivity index (χ1) is 25.9. The van der Waals surface area contributed by atoms with Crippen LogP contribution in [-0.2, 0) is 30.3 Å². The highest BCUT2D eigenvalue weighted by Gasteiger charge is 2.41. The van der Waals surface area contributed by atoms with Gasteiger partial charge in [-0.05, 0) is 67.1 Å². The van der Waals surface area contributed by atoms with Gasteiger partial charge in [0.1, 0.15) is 17.8 Å². The van der Waals surface area contributed by atoms with Gasteiger partial charge in [-0.2, -0.15) is 0 Å². The van der Waals surface area contributed by atoms with Crippen LogP contribution >= 0.6 is 11.8 Å². The lowest BCUT2D eigenvalue weighted by atomic mass is 9.82. The lowest BCUT2D eigenvalue weighted by molar-refractivity contribution is -0.197. The highest BCUT2D eigenvalue weighted by Crippen LogP contribution is 2.33. The normalized spacial score (nSPS) is 21.1. The van der Waals surface area contributed by atoms with Crippen molar-refractivity contribution in [2.75, 3.05) is 19.4 Å². The van der Waals surface area contributed by atoms with Crippen LogP contribution in [0.5, 0.6) is 5.75 Å². The maximum Gasteiger partial charge on any atom is 0.245 e. The van der Waals surface area contributed by atoms with Crippen LogP contribution in [-0.4, -0.2) is 106 Å². The molecule has 0 aromatic heterocycles. The largest absolute Gasteiger partial charge is 0.497 e. The van der Waals surface area contributed by atoms with Crippen LogP contribution in [0.15, 0.2) is 29.3 Å². The van der Waals surface area contributed by atoms with Gasteiger partial charge in [-0.3, -0.25) is 24.2 Å². The SMILES string of the molecule is CCC(=O)NC(C(=O)N1CCCC1C(O)OC(CC(C)CC(O)CC1=NC(CCC(=O)NC(Cc2ccc(OC)cc2)C(N)=O)CS1)C(C)(C)C)C(C)CC. The van der Waals surface area contributed by atoms with Gasteiger partial charge in [0.2, 0.25) is 23.6 Å². The average Bonchev–Trinajstić information content (AvgIpc) is 3.81. The molecule has 310 valence electrons. The number of methoxy groups -OCH3 is 1. The van der Waals surface area contributed by atoms with Crippen molar-refractivity contribution in [1.82, 2.24) is 15.5 Å². The van der Waals surface area contributed by atoms with E-state index in [-0.39, 0.29) is 66.4 Å². The molecule has 55 heavy (non-hydrogen) atoms. The van der Waals surface area contributed by atoms with Crippen LogP contribution < -0.4 is 21.1 Å². The molecule has 0 radical (unpaired) electrons. The number of nitrogens with one attached hydrogen (secondary N) is 2. The molecule has 4 amide bonds. The van der Waals surface area contributed by atoms with Gasteiger partial charge in [-0.15, -0.1) is 11.8 Å². The van der Waals surface area contributed by atoms with E-state index in [0.29, 0.717) is 44.4 Å². The van der Waals surface area contributed by atoms with E-state index in [2.05, 4.69) is 38.3 Å². The Morgan fingerprint density at radius 1 is 1.04 bits per heavy atom. The number of carbonyl (C=O) groups is 4. The van der Waals surface area contributed by atoms with Crippen molar-refractivity contribution in [3.8, 4) is 5.75 Å². The smallest absolute Gasteiger partial charge is 0.245 e. The summed E-state index contributed by atoms with van der Waals surface area (Å²) in [5.41, 5.74) is 6.12. The topological polar surface area (TPSA) is 193 Å². The second kappa shape index (κ2) is 21.9. The number of nitrogens with zero attached hydrogens (tertiary/aromatic N) is 2. The molecule has 1 aromatic rings. The fourth-order valence-corrected chi connectivity index (χ4v) is 8.26. The Kier molecular flexibility index (Phi) is 18.4. The van der Waals surface area contributed by atoms with E-state index < -0.39 is 36.4 Å². The van der Waals surface area contributed by atoms with Crippen molar-refractivity contribution in [2.24, 2.45) is 28.0 Å². The van der Waals surface area contributed by atoms with E-state index >= 15 is 0 Å². The first kappa shape index (κ1) is 46.2. The molecular formula is C41H67N5O8S. The number of amides is 4. The molecule has 1 saturated heterocycles. The van der Waals surface area contributed by atoms with Crippen LogP contribution in [0.1, 0.15) is 112 Å². The highest BCUT2D eigenvalue weighted by molar-refractivity contribution is 8.14. The third-order valence-electron chi connectivity index (χ3n) is 10.7. The van der Waals surface area contributed by atoms with E-state index in [1.165, 1.54) is 0 Å². The van der Waals surface area contributed by atoms with Crippen LogP contribution in [0.2, 0.25) is 0 Å². The third-order valence-corrected chi connectivity index (χ3v) is 11.9. The van der Waals surface area contributed by atoms with Crippen molar-refractivity contribution >= 4 is 40.4 Å². The number of likely N-dealkylation sites (tertiary alicyclic amines) is 1. The van der Waals surface area contributed by atoms with Crippen LogP contribution in [0.4, 0.5) is 0 Å². The summed E-state index contributed by atoms with van der Waals surface area (Å²) >= 11 is 1.59. The Bertz CT molecular complexity index is 1440. The molecular weight excluding hydrogens is 723 g/mol. The number of nitrogens with two attached hydrogens (primary N) is 1. The summed E-state index contributed by atoms with van der Waals surface area (Å²) < 4.78 is 11.5.